The second kappa shape index (κ2) is 6.74. The Bertz CT molecular complexity index is 552. The van der Waals surface area contributed by atoms with E-state index in [2.05, 4.69) is 15.9 Å². The molecule has 2 rings (SSSR count). The highest BCUT2D eigenvalue weighted by Gasteiger charge is 2.16. The zero-order valence-corrected chi connectivity index (χ0v) is 13.1. The Labute approximate surface area is 130 Å². The number of rotatable bonds is 4. The smallest absolute Gasteiger partial charge is 0.127 e. The first-order chi connectivity index (χ1) is 9.11. The van der Waals surface area contributed by atoms with Crippen molar-refractivity contribution in [3.63, 3.8) is 0 Å². The van der Waals surface area contributed by atoms with E-state index in [1.165, 1.54) is 6.07 Å². The number of halogens is 4. The molecule has 100 valence electrons. The van der Waals surface area contributed by atoms with Crippen molar-refractivity contribution >= 4 is 39.1 Å². The molecule has 19 heavy (non-hydrogen) atoms. The third-order valence-corrected chi connectivity index (χ3v) is 4.24. The van der Waals surface area contributed by atoms with Crippen molar-refractivity contribution in [2.75, 3.05) is 5.88 Å². The van der Waals surface area contributed by atoms with Gasteiger partial charge in [0.05, 0.1) is 0 Å². The minimum absolute atomic E-state index is 0.0357. The summed E-state index contributed by atoms with van der Waals surface area (Å²) in [4.78, 5) is 0. The van der Waals surface area contributed by atoms with E-state index in [9.17, 15) is 4.39 Å². The first-order valence-electron chi connectivity index (χ1n) is 5.86. The van der Waals surface area contributed by atoms with Crippen LogP contribution in [0.3, 0.4) is 0 Å². The summed E-state index contributed by atoms with van der Waals surface area (Å²) in [7, 11) is 0. The molecule has 0 amide bonds. The van der Waals surface area contributed by atoms with E-state index < -0.39 is 0 Å². The third-order valence-electron chi connectivity index (χ3n) is 3.02. The van der Waals surface area contributed by atoms with E-state index in [-0.39, 0.29) is 11.7 Å². The number of hydrogen-bond donors (Lipinski definition) is 0. The predicted molar refractivity (Wildman–Crippen MR) is 82.7 cm³/mol. The Hall–Kier alpha value is -0.570. The van der Waals surface area contributed by atoms with Gasteiger partial charge in [-0.15, -0.1) is 11.6 Å². The van der Waals surface area contributed by atoms with Crippen LogP contribution in [-0.4, -0.2) is 5.88 Å². The quantitative estimate of drug-likeness (QED) is 0.603. The van der Waals surface area contributed by atoms with Gasteiger partial charge in [-0.3, -0.25) is 0 Å². The molecule has 4 heteroatoms. The zero-order chi connectivity index (χ0) is 13.8. The molecular formula is C15H12BrCl2F. The Morgan fingerprint density at radius 3 is 2.53 bits per heavy atom. The van der Waals surface area contributed by atoms with Crippen LogP contribution in [0, 0.1) is 5.82 Å². The second-order valence-corrected chi connectivity index (χ2v) is 5.94. The molecule has 0 heterocycles. The maximum Gasteiger partial charge on any atom is 0.127 e. The summed E-state index contributed by atoms with van der Waals surface area (Å²) in [5, 5.41) is 0.449. The van der Waals surface area contributed by atoms with Crippen LogP contribution in [0.25, 0.3) is 0 Å². The topological polar surface area (TPSA) is 0 Å². The highest BCUT2D eigenvalue weighted by Crippen LogP contribution is 2.29. The Balaban J connectivity index is 2.29. The van der Waals surface area contributed by atoms with Gasteiger partial charge in [0.15, 0.2) is 0 Å². The van der Waals surface area contributed by atoms with Crippen LogP contribution in [0.5, 0.6) is 0 Å². The SMILES string of the molecule is Fc1cccc(Cl)c1CC(CCl)c1cccc(Br)c1. The fourth-order valence-corrected chi connectivity index (χ4v) is 2.94. The summed E-state index contributed by atoms with van der Waals surface area (Å²) in [5.74, 6) is 0.173. The lowest BCUT2D eigenvalue weighted by molar-refractivity contribution is 0.598. The minimum atomic E-state index is -0.280. The first-order valence-corrected chi connectivity index (χ1v) is 7.56. The lowest BCUT2D eigenvalue weighted by atomic mass is 9.93. The maximum atomic E-state index is 13.8. The molecule has 0 aliphatic rings. The van der Waals surface area contributed by atoms with Crippen molar-refractivity contribution in [3.05, 3.63) is 68.9 Å². The van der Waals surface area contributed by atoms with Gasteiger partial charge in [0, 0.05) is 26.9 Å². The van der Waals surface area contributed by atoms with Crippen LogP contribution in [0.4, 0.5) is 4.39 Å². The molecule has 2 aromatic carbocycles. The lowest BCUT2D eigenvalue weighted by Gasteiger charge is -2.16. The van der Waals surface area contributed by atoms with Gasteiger partial charge in [0.2, 0.25) is 0 Å². The van der Waals surface area contributed by atoms with E-state index in [1.54, 1.807) is 12.1 Å². The highest BCUT2D eigenvalue weighted by molar-refractivity contribution is 9.10. The molecule has 0 saturated heterocycles. The molecule has 0 nitrogen and oxygen atoms in total. The Morgan fingerprint density at radius 1 is 1.16 bits per heavy atom. The summed E-state index contributed by atoms with van der Waals surface area (Å²) < 4.78 is 14.8. The fourth-order valence-electron chi connectivity index (χ4n) is 2.00. The van der Waals surface area contributed by atoms with Crippen molar-refractivity contribution in [2.45, 2.75) is 12.3 Å². The van der Waals surface area contributed by atoms with Crippen LogP contribution in [0.15, 0.2) is 46.9 Å². The monoisotopic (exact) mass is 360 g/mol. The van der Waals surface area contributed by atoms with E-state index in [0.29, 0.717) is 22.9 Å². The van der Waals surface area contributed by atoms with E-state index >= 15 is 0 Å². The molecule has 0 spiro atoms. The molecule has 0 aromatic heterocycles. The molecule has 2 aromatic rings. The first kappa shape index (κ1) is 14.8. The van der Waals surface area contributed by atoms with Crippen LogP contribution >= 0.6 is 39.1 Å². The van der Waals surface area contributed by atoms with Gasteiger partial charge in [0.1, 0.15) is 5.82 Å². The van der Waals surface area contributed by atoms with Gasteiger partial charge in [-0.05, 0) is 36.2 Å². The lowest BCUT2D eigenvalue weighted by Crippen LogP contribution is -2.07. The van der Waals surface area contributed by atoms with Crippen LogP contribution in [0.2, 0.25) is 5.02 Å². The molecule has 1 unspecified atom stereocenters. The molecule has 0 aliphatic heterocycles. The minimum Gasteiger partial charge on any atom is -0.207 e. The summed E-state index contributed by atoms with van der Waals surface area (Å²) >= 11 is 15.5. The van der Waals surface area contributed by atoms with Crippen LogP contribution in [0.1, 0.15) is 17.0 Å². The summed E-state index contributed by atoms with van der Waals surface area (Å²) in [6, 6.07) is 12.6. The largest absolute Gasteiger partial charge is 0.207 e. The molecule has 0 aliphatic carbocycles. The molecule has 0 N–H and O–H groups in total. The van der Waals surface area contributed by atoms with E-state index in [0.717, 1.165) is 10.0 Å². The highest BCUT2D eigenvalue weighted by atomic mass is 79.9. The predicted octanol–water partition coefficient (Wildman–Crippen LogP) is 5.81. The molecule has 0 bridgehead atoms. The molecule has 0 saturated carbocycles. The van der Waals surface area contributed by atoms with Crippen molar-refractivity contribution < 1.29 is 4.39 Å². The van der Waals surface area contributed by atoms with Crippen molar-refractivity contribution in [2.24, 2.45) is 0 Å². The van der Waals surface area contributed by atoms with E-state index in [4.69, 9.17) is 23.2 Å². The summed E-state index contributed by atoms with van der Waals surface area (Å²) in [6.45, 7) is 0. The van der Waals surface area contributed by atoms with Crippen LogP contribution in [-0.2, 0) is 6.42 Å². The number of benzene rings is 2. The van der Waals surface area contributed by atoms with Crippen LogP contribution < -0.4 is 0 Å². The molecule has 1 atom stereocenters. The Kier molecular flexibility index (Phi) is 5.26. The van der Waals surface area contributed by atoms with Gasteiger partial charge in [-0.2, -0.15) is 0 Å². The normalized spacial score (nSPS) is 12.4. The number of hydrogen-bond acceptors (Lipinski definition) is 0. The van der Waals surface area contributed by atoms with Gasteiger partial charge in [0.25, 0.3) is 0 Å². The maximum absolute atomic E-state index is 13.8. The summed E-state index contributed by atoms with van der Waals surface area (Å²) in [5.41, 5.74) is 1.60. The zero-order valence-electron chi connectivity index (χ0n) is 10.0. The number of alkyl halides is 1. The van der Waals surface area contributed by atoms with E-state index in [1.807, 2.05) is 24.3 Å². The average Bonchev–Trinajstić information content (AvgIpc) is 2.38. The van der Waals surface area contributed by atoms with Gasteiger partial charge in [-0.1, -0.05) is 45.7 Å². The second-order valence-electron chi connectivity index (χ2n) is 4.31. The molecular weight excluding hydrogens is 350 g/mol. The molecule has 0 fully saturated rings. The standard InChI is InChI=1S/C15H12BrCl2F/c16-12-4-1-3-10(7-12)11(9-17)8-13-14(18)5-2-6-15(13)19/h1-7,11H,8-9H2. The van der Waals surface area contributed by atoms with Crippen molar-refractivity contribution in [1.82, 2.24) is 0 Å². The van der Waals surface area contributed by atoms with Gasteiger partial charge < -0.3 is 0 Å². The average molecular weight is 362 g/mol. The third kappa shape index (κ3) is 3.71. The van der Waals surface area contributed by atoms with Crippen molar-refractivity contribution in [3.8, 4) is 0 Å². The summed E-state index contributed by atoms with van der Waals surface area (Å²) in [6.07, 6.45) is 0.492. The molecule has 0 radical (unpaired) electrons. The van der Waals surface area contributed by atoms with Crippen molar-refractivity contribution in [1.29, 1.82) is 0 Å². The van der Waals surface area contributed by atoms with Gasteiger partial charge in [-0.25, -0.2) is 4.39 Å². The fraction of sp³-hybridized carbons (Fsp3) is 0.200. The van der Waals surface area contributed by atoms with Gasteiger partial charge >= 0.3 is 0 Å². The Morgan fingerprint density at radius 2 is 1.89 bits per heavy atom.